The highest BCUT2D eigenvalue weighted by atomic mass is 32.2. The van der Waals surface area contributed by atoms with Crippen LogP contribution in [-0.4, -0.2) is 22.7 Å². The average molecular weight is 346 g/mol. The van der Waals surface area contributed by atoms with E-state index in [0.29, 0.717) is 5.56 Å². The van der Waals surface area contributed by atoms with Crippen molar-refractivity contribution in [2.24, 2.45) is 0 Å². The molecule has 9 heteroatoms. The molecule has 0 atom stereocenters. The summed E-state index contributed by atoms with van der Waals surface area (Å²) in [5.74, 6) is 0. The first-order valence-electron chi connectivity index (χ1n) is 7.03. The first-order chi connectivity index (χ1) is 11.4. The van der Waals surface area contributed by atoms with Crippen LogP contribution in [0.25, 0.3) is 5.65 Å². The Morgan fingerprint density at radius 3 is 2.75 bits per heavy atom. The van der Waals surface area contributed by atoms with Crippen molar-refractivity contribution in [2.75, 3.05) is 0 Å². The highest BCUT2D eigenvalue weighted by Crippen LogP contribution is 2.21. The lowest BCUT2D eigenvalue weighted by Crippen LogP contribution is -2.24. The summed E-state index contributed by atoms with van der Waals surface area (Å²) >= 11 is 0. The standard InChI is InChI=1S/C15H14N4O4S/c1-11-8-13(19(20)21)2-3-14(11)24(22,23)17-10-12-4-6-18-7-5-16-15(18)9-12/h2-9,17H,10H2,1H3. The summed E-state index contributed by atoms with van der Waals surface area (Å²) in [6.07, 6.45) is 5.25. The normalized spacial score (nSPS) is 11.7. The molecule has 0 fully saturated rings. The lowest BCUT2D eigenvalue weighted by Gasteiger charge is -2.09. The zero-order valence-corrected chi connectivity index (χ0v) is 13.5. The molecule has 0 bridgehead atoms. The third kappa shape index (κ3) is 3.12. The Hall–Kier alpha value is -2.78. The van der Waals surface area contributed by atoms with Gasteiger partial charge in [0.1, 0.15) is 5.65 Å². The van der Waals surface area contributed by atoms with E-state index in [9.17, 15) is 18.5 Å². The number of aromatic nitrogens is 2. The molecule has 2 heterocycles. The number of hydrogen-bond donors (Lipinski definition) is 1. The van der Waals surface area contributed by atoms with Crippen molar-refractivity contribution in [1.29, 1.82) is 0 Å². The van der Waals surface area contributed by atoms with Gasteiger partial charge in [0.15, 0.2) is 0 Å². The summed E-state index contributed by atoms with van der Waals surface area (Å²) in [6, 6.07) is 7.24. The van der Waals surface area contributed by atoms with Crippen LogP contribution < -0.4 is 4.72 Å². The van der Waals surface area contributed by atoms with Gasteiger partial charge in [0.25, 0.3) is 5.69 Å². The number of sulfonamides is 1. The number of non-ortho nitro benzene ring substituents is 1. The molecule has 0 saturated carbocycles. The Kier molecular flexibility index (Phi) is 4.04. The summed E-state index contributed by atoms with van der Waals surface area (Å²) in [7, 11) is -3.77. The quantitative estimate of drug-likeness (QED) is 0.562. The van der Waals surface area contributed by atoms with Crippen molar-refractivity contribution in [3.63, 3.8) is 0 Å². The van der Waals surface area contributed by atoms with Crippen molar-refractivity contribution in [2.45, 2.75) is 18.4 Å². The molecule has 3 rings (SSSR count). The fourth-order valence-electron chi connectivity index (χ4n) is 2.37. The molecule has 1 N–H and O–H groups in total. The molecule has 0 amide bonds. The van der Waals surface area contributed by atoms with Crippen LogP contribution in [0.15, 0.2) is 53.8 Å². The summed E-state index contributed by atoms with van der Waals surface area (Å²) in [5.41, 5.74) is 1.66. The second-order valence-corrected chi connectivity index (χ2v) is 6.99. The van der Waals surface area contributed by atoms with Crippen LogP contribution in [0.4, 0.5) is 5.69 Å². The van der Waals surface area contributed by atoms with E-state index in [1.54, 1.807) is 30.7 Å². The number of nitrogens with one attached hydrogen (secondary N) is 1. The van der Waals surface area contributed by atoms with E-state index in [1.807, 2.05) is 4.40 Å². The summed E-state index contributed by atoms with van der Waals surface area (Å²) < 4.78 is 29.2. The highest BCUT2D eigenvalue weighted by Gasteiger charge is 2.19. The molecule has 1 aromatic carbocycles. The number of nitro groups is 1. The van der Waals surface area contributed by atoms with E-state index in [4.69, 9.17) is 0 Å². The minimum atomic E-state index is -3.77. The van der Waals surface area contributed by atoms with Crippen LogP contribution in [0.2, 0.25) is 0 Å². The molecule has 8 nitrogen and oxygen atoms in total. The number of pyridine rings is 1. The monoisotopic (exact) mass is 346 g/mol. The third-order valence-corrected chi connectivity index (χ3v) is 5.15. The molecule has 0 aliphatic heterocycles. The first kappa shape index (κ1) is 16.1. The maximum absolute atomic E-state index is 12.4. The number of aryl methyl sites for hydroxylation is 1. The number of imidazole rings is 1. The maximum Gasteiger partial charge on any atom is 0.269 e. The van der Waals surface area contributed by atoms with Gasteiger partial charge in [-0.3, -0.25) is 10.1 Å². The number of nitrogens with zero attached hydrogens (tertiary/aromatic N) is 3. The smallest absolute Gasteiger partial charge is 0.269 e. The Labute approximate surface area is 138 Å². The van der Waals surface area contributed by atoms with E-state index >= 15 is 0 Å². The number of fused-ring (bicyclic) bond motifs is 1. The molecular formula is C15H14N4O4S. The average Bonchev–Trinajstić information content (AvgIpc) is 3.00. The van der Waals surface area contributed by atoms with Gasteiger partial charge >= 0.3 is 0 Å². The summed E-state index contributed by atoms with van der Waals surface area (Å²) in [5, 5.41) is 10.7. The van der Waals surface area contributed by atoms with Crippen LogP contribution in [0.5, 0.6) is 0 Å². The van der Waals surface area contributed by atoms with Gasteiger partial charge < -0.3 is 4.40 Å². The summed E-state index contributed by atoms with van der Waals surface area (Å²) in [6.45, 7) is 1.63. The first-order valence-corrected chi connectivity index (χ1v) is 8.51. The number of hydrogen-bond acceptors (Lipinski definition) is 5. The van der Waals surface area contributed by atoms with Crippen molar-refractivity contribution >= 4 is 21.4 Å². The van der Waals surface area contributed by atoms with Crippen LogP contribution in [0, 0.1) is 17.0 Å². The van der Waals surface area contributed by atoms with Gasteiger partial charge in [0, 0.05) is 37.3 Å². The summed E-state index contributed by atoms with van der Waals surface area (Å²) in [4.78, 5) is 14.4. The molecule has 3 aromatic rings. The van der Waals surface area contributed by atoms with Crippen molar-refractivity contribution < 1.29 is 13.3 Å². The fraction of sp³-hybridized carbons (Fsp3) is 0.133. The molecule has 24 heavy (non-hydrogen) atoms. The van der Waals surface area contributed by atoms with Crippen LogP contribution in [0.1, 0.15) is 11.1 Å². The van der Waals surface area contributed by atoms with Crippen molar-refractivity contribution in [3.05, 3.63) is 70.2 Å². The zero-order valence-electron chi connectivity index (χ0n) is 12.7. The fourth-order valence-corrected chi connectivity index (χ4v) is 3.61. The molecular weight excluding hydrogens is 332 g/mol. The molecule has 0 aliphatic carbocycles. The van der Waals surface area contributed by atoms with E-state index in [-0.39, 0.29) is 17.1 Å². The molecule has 124 valence electrons. The minimum absolute atomic E-state index is 0.0231. The Bertz CT molecular complexity index is 1030. The second kappa shape index (κ2) is 6.02. The van der Waals surface area contributed by atoms with Gasteiger partial charge in [-0.1, -0.05) is 0 Å². The van der Waals surface area contributed by atoms with E-state index in [2.05, 4.69) is 9.71 Å². The lowest BCUT2D eigenvalue weighted by molar-refractivity contribution is -0.385. The Morgan fingerprint density at radius 1 is 1.25 bits per heavy atom. The maximum atomic E-state index is 12.4. The molecule has 2 aromatic heterocycles. The van der Waals surface area contributed by atoms with Crippen LogP contribution >= 0.6 is 0 Å². The van der Waals surface area contributed by atoms with Gasteiger partial charge in [-0.05, 0) is 36.2 Å². The highest BCUT2D eigenvalue weighted by molar-refractivity contribution is 7.89. The molecule has 0 aliphatic rings. The minimum Gasteiger partial charge on any atom is -0.307 e. The van der Waals surface area contributed by atoms with Gasteiger partial charge in [0.2, 0.25) is 10.0 Å². The van der Waals surface area contributed by atoms with Gasteiger partial charge in [0.05, 0.1) is 9.82 Å². The molecule has 0 spiro atoms. The number of nitro benzene ring substituents is 1. The van der Waals surface area contributed by atoms with Gasteiger partial charge in [-0.2, -0.15) is 0 Å². The number of benzene rings is 1. The Morgan fingerprint density at radius 2 is 2.04 bits per heavy atom. The van der Waals surface area contributed by atoms with Crippen LogP contribution in [-0.2, 0) is 16.6 Å². The molecule has 0 unspecified atom stereocenters. The predicted molar refractivity (Wildman–Crippen MR) is 87.1 cm³/mol. The number of rotatable bonds is 5. The van der Waals surface area contributed by atoms with Gasteiger partial charge in [-0.15, -0.1) is 0 Å². The van der Waals surface area contributed by atoms with Crippen LogP contribution in [0.3, 0.4) is 0 Å². The topological polar surface area (TPSA) is 107 Å². The molecule has 0 saturated heterocycles. The predicted octanol–water partition coefficient (Wildman–Crippen LogP) is 2.03. The molecule has 0 radical (unpaired) electrons. The van der Waals surface area contributed by atoms with E-state index < -0.39 is 14.9 Å². The zero-order chi connectivity index (χ0) is 17.3. The SMILES string of the molecule is Cc1cc([N+](=O)[O-])ccc1S(=O)(=O)NCc1ccn2ccnc2c1. The second-order valence-electron chi connectivity index (χ2n) is 5.26. The Balaban J connectivity index is 1.81. The van der Waals surface area contributed by atoms with Gasteiger partial charge in [-0.25, -0.2) is 18.1 Å². The van der Waals surface area contributed by atoms with E-state index in [1.165, 1.54) is 25.1 Å². The third-order valence-electron chi connectivity index (χ3n) is 3.59. The van der Waals surface area contributed by atoms with Crippen molar-refractivity contribution in [1.82, 2.24) is 14.1 Å². The largest absolute Gasteiger partial charge is 0.307 e. The van der Waals surface area contributed by atoms with Crippen molar-refractivity contribution in [3.8, 4) is 0 Å². The lowest BCUT2D eigenvalue weighted by atomic mass is 10.2. The van der Waals surface area contributed by atoms with E-state index in [0.717, 1.165) is 11.2 Å².